The predicted octanol–water partition coefficient (Wildman–Crippen LogP) is 1.46. The van der Waals surface area contributed by atoms with Crippen molar-refractivity contribution >= 4 is 11.8 Å². The minimum atomic E-state index is -0.241. The van der Waals surface area contributed by atoms with Gasteiger partial charge < -0.3 is 4.52 Å². The maximum Gasteiger partial charge on any atom is 0.243 e. The van der Waals surface area contributed by atoms with Crippen LogP contribution < -0.4 is 5.32 Å². The lowest BCUT2D eigenvalue weighted by Gasteiger charge is -2.38. The highest BCUT2D eigenvalue weighted by Crippen LogP contribution is 2.22. The van der Waals surface area contributed by atoms with Gasteiger partial charge in [0, 0.05) is 12.1 Å². The Morgan fingerprint density at radius 1 is 1.52 bits per heavy atom. The van der Waals surface area contributed by atoms with Crippen LogP contribution in [0, 0.1) is 6.92 Å². The van der Waals surface area contributed by atoms with Crippen LogP contribution in [0.3, 0.4) is 0 Å². The van der Waals surface area contributed by atoms with Crippen LogP contribution in [-0.2, 0) is 11.3 Å². The van der Waals surface area contributed by atoms with Crippen LogP contribution in [-0.4, -0.2) is 49.4 Å². The normalized spacial score (nSPS) is 20.3. The van der Waals surface area contributed by atoms with Crippen LogP contribution in [0.2, 0.25) is 0 Å². The number of nitrogens with zero attached hydrogens (tertiary/aromatic N) is 5. The first-order valence-electron chi connectivity index (χ1n) is 7.96. The van der Waals surface area contributed by atoms with Crippen molar-refractivity contribution in [3.05, 3.63) is 24.4 Å². The predicted molar refractivity (Wildman–Crippen MR) is 83.7 cm³/mol. The highest BCUT2D eigenvalue weighted by atomic mass is 16.5. The summed E-state index contributed by atoms with van der Waals surface area (Å²) >= 11 is 0. The van der Waals surface area contributed by atoms with Gasteiger partial charge in [-0.1, -0.05) is 11.6 Å². The largest absolute Gasteiger partial charge is 0.338 e. The molecule has 0 bridgehead atoms. The van der Waals surface area contributed by atoms with Gasteiger partial charge in [0.05, 0.1) is 18.3 Å². The van der Waals surface area contributed by atoms with Gasteiger partial charge in [0.1, 0.15) is 12.7 Å². The smallest absolute Gasteiger partial charge is 0.243 e. The van der Waals surface area contributed by atoms with Crippen molar-refractivity contribution in [3.63, 3.8) is 0 Å². The molecule has 0 spiro atoms. The van der Waals surface area contributed by atoms with Gasteiger partial charge >= 0.3 is 0 Å². The summed E-state index contributed by atoms with van der Waals surface area (Å²) in [5, 5.41) is 10.8. The van der Waals surface area contributed by atoms with E-state index >= 15 is 0 Å². The van der Waals surface area contributed by atoms with Gasteiger partial charge in [-0.25, -0.2) is 4.98 Å². The maximum absolute atomic E-state index is 12.5. The molecule has 0 aromatic carbocycles. The number of carbonyl (C=O) groups is 1. The second-order valence-corrected chi connectivity index (χ2v) is 6.00. The van der Waals surface area contributed by atoms with Crippen molar-refractivity contribution < 1.29 is 9.32 Å². The summed E-state index contributed by atoms with van der Waals surface area (Å²) < 4.78 is 6.89. The fraction of sp³-hybridized carbons (Fsp3) is 0.600. The Bertz CT molecular complexity index is 638. The number of rotatable bonds is 5. The summed E-state index contributed by atoms with van der Waals surface area (Å²) in [4.78, 5) is 18.7. The molecule has 124 valence electrons. The first-order valence-corrected chi connectivity index (χ1v) is 7.96. The molecule has 1 fully saturated rings. The van der Waals surface area contributed by atoms with E-state index in [0.29, 0.717) is 5.88 Å². The van der Waals surface area contributed by atoms with Crippen molar-refractivity contribution in [1.82, 2.24) is 24.8 Å². The molecule has 2 unspecified atom stereocenters. The Morgan fingerprint density at radius 3 is 3.09 bits per heavy atom. The van der Waals surface area contributed by atoms with Crippen molar-refractivity contribution in [3.8, 4) is 0 Å². The minimum absolute atomic E-state index is 0.0772. The number of nitrogens with one attached hydrogen (secondary N) is 1. The number of likely N-dealkylation sites (tertiary alicyclic amines) is 1. The van der Waals surface area contributed by atoms with E-state index in [1.54, 1.807) is 12.4 Å². The van der Waals surface area contributed by atoms with E-state index in [-0.39, 0.29) is 18.0 Å². The van der Waals surface area contributed by atoms with Gasteiger partial charge in [0.25, 0.3) is 0 Å². The summed E-state index contributed by atoms with van der Waals surface area (Å²) in [7, 11) is 0. The lowest BCUT2D eigenvalue weighted by molar-refractivity contribution is -0.122. The third-order valence-corrected chi connectivity index (χ3v) is 4.29. The highest BCUT2D eigenvalue weighted by Gasteiger charge is 2.31. The van der Waals surface area contributed by atoms with Gasteiger partial charge in [-0.2, -0.15) is 5.10 Å². The summed E-state index contributed by atoms with van der Waals surface area (Å²) in [6.07, 6.45) is 6.58. The van der Waals surface area contributed by atoms with E-state index in [1.807, 2.05) is 18.5 Å². The number of anilines is 1. The third kappa shape index (κ3) is 3.76. The first kappa shape index (κ1) is 15.7. The molecule has 0 saturated carbocycles. The number of amides is 1. The monoisotopic (exact) mass is 318 g/mol. The van der Waals surface area contributed by atoms with E-state index in [0.717, 1.165) is 31.6 Å². The summed E-state index contributed by atoms with van der Waals surface area (Å²) in [5.74, 6) is 0.316. The highest BCUT2D eigenvalue weighted by molar-refractivity contribution is 5.93. The van der Waals surface area contributed by atoms with Crippen LogP contribution >= 0.6 is 0 Å². The third-order valence-electron chi connectivity index (χ3n) is 4.29. The van der Waals surface area contributed by atoms with Crippen LogP contribution in [0.4, 0.5) is 5.88 Å². The Morgan fingerprint density at radius 2 is 2.39 bits per heavy atom. The molecule has 3 rings (SSSR count). The molecule has 2 aromatic rings. The van der Waals surface area contributed by atoms with Crippen molar-refractivity contribution in [2.75, 3.05) is 11.9 Å². The van der Waals surface area contributed by atoms with Crippen LogP contribution in [0.15, 0.2) is 23.2 Å². The zero-order valence-corrected chi connectivity index (χ0v) is 13.5. The van der Waals surface area contributed by atoms with Crippen LogP contribution in [0.5, 0.6) is 0 Å². The molecule has 1 aliphatic rings. The molecule has 1 saturated heterocycles. The quantitative estimate of drug-likeness (QED) is 0.897. The summed E-state index contributed by atoms with van der Waals surface area (Å²) in [5.41, 5.74) is 0.745. The lowest BCUT2D eigenvalue weighted by atomic mass is 9.99. The molecule has 0 radical (unpaired) electrons. The molecule has 8 nitrogen and oxygen atoms in total. The standard InChI is InChI=1S/C15H22N6O2/c1-11-7-14(23-19-11)18-15(22)12(2)21-6-4-3-5-13(21)8-20-10-16-9-17-20/h7,9-10,12-13H,3-6,8H2,1-2H3,(H,18,22). The Hall–Kier alpha value is -2.22. The van der Waals surface area contributed by atoms with Crippen molar-refractivity contribution in [2.24, 2.45) is 0 Å². The molecule has 8 heteroatoms. The van der Waals surface area contributed by atoms with E-state index < -0.39 is 0 Å². The summed E-state index contributed by atoms with van der Waals surface area (Å²) in [6.45, 7) is 5.40. The van der Waals surface area contributed by atoms with E-state index in [2.05, 4.69) is 25.5 Å². The minimum Gasteiger partial charge on any atom is -0.338 e. The number of piperidine rings is 1. The van der Waals surface area contributed by atoms with E-state index in [4.69, 9.17) is 4.52 Å². The Labute approximate surface area is 134 Å². The number of aryl methyl sites for hydroxylation is 1. The molecule has 1 amide bonds. The topological polar surface area (TPSA) is 89.1 Å². The van der Waals surface area contributed by atoms with E-state index in [9.17, 15) is 4.79 Å². The molecule has 1 N–H and O–H groups in total. The fourth-order valence-corrected chi connectivity index (χ4v) is 3.07. The molecule has 1 aliphatic heterocycles. The first-order chi connectivity index (χ1) is 11.1. The zero-order chi connectivity index (χ0) is 16.2. The lowest BCUT2D eigenvalue weighted by Crippen LogP contribution is -2.51. The van der Waals surface area contributed by atoms with Crippen LogP contribution in [0.1, 0.15) is 31.9 Å². The number of hydrogen-bond acceptors (Lipinski definition) is 6. The van der Waals surface area contributed by atoms with Crippen LogP contribution in [0.25, 0.3) is 0 Å². The van der Waals surface area contributed by atoms with Gasteiger partial charge in [-0.05, 0) is 33.2 Å². The Kier molecular flexibility index (Phi) is 4.71. The van der Waals surface area contributed by atoms with Gasteiger partial charge in [0.15, 0.2) is 0 Å². The molecule has 23 heavy (non-hydrogen) atoms. The average Bonchev–Trinajstić information content (AvgIpc) is 3.19. The SMILES string of the molecule is Cc1cc(NC(=O)C(C)N2CCCCC2Cn2cncn2)on1. The second-order valence-electron chi connectivity index (χ2n) is 6.00. The van der Waals surface area contributed by atoms with Crippen molar-refractivity contribution in [2.45, 2.75) is 51.7 Å². The number of hydrogen-bond donors (Lipinski definition) is 1. The van der Waals surface area contributed by atoms with Gasteiger partial charge in [-0.15, -0.1) is 0 Å². The maximum atomic E-state index is 12.5. The molecular weight excluding hydrogens is 296 g/mol. The fourth-order valence-electron chi connectivity index (χ4n) is 3.07. The second kappa shape index (κ2) is 6.91. The molecule has 2 atom stereocenters. The van der Waals surface area contributed by atoms with E-state index in [1.165, 1.54) is 12.7 Å². The molecule has 0 aliphatic carbocycles. The molecular formula is C15H22N6O2. The molecule has 2 aromatic heterocycles. The van der Waals surface area contributed by atoms with Gasteiger partial charge in [0.2, 0.25) is 11.8 Å². The Balaban J connectivity index is 1.65. The average molecular weight is 318 g/mol. The number of aromatic nitrogens is 4. The van der Waals surface area contributed by atoms with Crippen molar-refractivity contribution in [1.29, 1.82) is 0 Å². The molecule has 3 heterocycles. The number of carbonyl (C=O) groups excluding carboxylic acids is 1. The van der Waals surface area contributed by atoms with Gasteiger partial charge in [-0.3, -0.25) is 19.7 Å². The zero-order valence-electron chi connectivity index (χ0n) is 13.5. The summed E-state index contributed by atoms with van der Waals surface area (Å²) in [6, 6.07) is 1.75.